The number of ether oxygens (including phenoxy) is 2. The molecule has 4 rings (SSSR count). The molecule has 2 saturated heterocycles. The van der Waals surface area contributed by atoms with Gasteiger partial charge in [0.2, 0.25) is 0 Å². The number of nitrogens with one attached hydrogen (secondary N) is 1. The van der Waals surface area contributed by atoms with Gasteiger partial charge in [-0.25, -0.2) is 4.98 Å². The molecule has 2 aliphatic rings. The zero-order valence-corrected chi connectivity index (χ0v) is 24.1. The number of rotatable bonds is 6. The van der Waals surface area contributed by atoms with Crippen LogP contribution in [0.25, 0.3) is 11.1 Å². The number of halogens is 3. The fourth-order valence-electron chi connectivity index (χ4n) is 4.76. The highest BCUT2D eigenvalue weighted by molar-refractivity contribution is 6.06. The zero-order valence-electron chi connectivity index (χ0n) is 24.1. The second kappa shape index (κ2) is 13.4. The van der Waals surface area contributed by atoms with Crippen molar-refractivity contribution >= 4 is 24.0 Å². The molecule has 0 saturated carbocycles. The molecule has 0 spiro atoms. The number of aliphatic imine (C=N–C) groups is 1. The maximum atomic E-state index is 13.2. The third-order valence-corrected chi connectivity index (χ3v) is 7.43. The summed E-state index contributed by atoms with van der Waals surface area (Å²) in [5.74, 6) is 6.09. The van der Waals surface area contributed by atoms with Gasteiger partial charge in [0.25, 0.3) is 5.91 Å². The monoisotopic (exact) mass is 580 g/mol. The van der Waals surface area contributed by atoms with E-state index in [0.717, 1.165) is 35.2 Å². The predicted octanol–water partition coefficient (Wildman–Crippen LogP) is 6.09. The first-order valence-corrected chi connectivity index (χ1v) is 13.8. The van der Waals surface area contributed by atoms with Crippen LogP contribution in [-0.2, 0) is 14.3 Å². The number of hydrogen-bond acceptors (Lipinski definition) is 6. The van der Waals surface area contributed by atoms with Crippen LogP contribution in [-0.4, -0.2) is 63.3 Å². The molecule has 222 valence electrons. The average Bonchev–Trinajstić information content (AvgIpc) is 2.98. The van der Waals surface area contributed by atoms with E-state index in [1.807, 2.05) is 19.1 Å². The Morgan fingerprint density at radius 2 is 1.86 bits per heavy atom. The number of carbonyl (C=O) groups excluding carboxylic acids is 1. The quantitative estimate of drug-likeness (QED) is 0.194. The number of aryl methyl sites for hydroxylation is 1. The molecule has 1 aromatic carbocycles. The lowest BCUT2D eigenvalue weighted by molar-refractivity contribution is -0.112. The topological polar surface area (TPSA) is 76.0 Å². The minimum absolute atomic E-state index is 0.131. The molecule has 1 aromatic heterocycles. The van der Waals surface area contributed by atoms with Crippen LogP contribution < -0.4 is 10.2 Å². The van der Waals surface area contributed by atoms with E-state index in [9.17, 15) is 18.0 Å². The molecular weight excluding hydrogens is 545 g/mol. The maximum Gasteiger partial charge on any atom is 0.433 e. The molecule has 0 atom stereocenters. The van der Waals surface area contributed by atoms with Crippen LogP contribution in [0.15, 0.2) is 58.9 Å². The summed E-state index contributed by atoms with van der Waals surface area (Å²) in [7, 11) is 0. The van der Waals surface area contributed by atoms with Crippen LogP contribution in [0.1, 0.15) is 37.9 Å². The van der Waals surface area contributed by atoms with Crippen molar-refractivity contribution in [1.82, 2.24) is 4.98 Å². The molecule has 0 aliphatic carbocycles. The third kappa shape index (κ3) is 7.66. The van der Waals surface area contributed by atoms with E-state index in [4.69, 9.17) is 14.5 Å². The van der Waals surface area contributed by atoms with E-state index >= 15 is 0 Å². The Morgan fingerprint density at radius 3 is 2.50 bits per heavy atom. The number of morpholine rings is 1. The van der Waals surface area contributed by atoms with Crippen LogP contribution in [0.2, 0.25) is 0 Å². The number of anilines is 2. The van der Waals surface area contributed by atoms with E-state index in [2.05, 4.69) is 40.7 Å². The summed E-state index contributed by atoms with van der Waals surface area (Å²) < 4.78 is 50.6. The van der Waals surface area contributed by atoms with Gasteiger partial charge in [-0.05, 0) is 81.7 Å². The predicted molar refractivity (Wildman–Crippen MR) is 159 cm³/mol. The van der Waals surface area contributed by atoms with Crippen molar-refractivity contribution in [3.63, 3.8) is 0 Å². The molecule has 2 fully saturated rings. The highest BCUT2D eigenvalue weighted by Gasteiger charge is 2.34. The van der Waals surface area contributed by atoms with Gasteiger partial charge in [-0.3, -0.25) is 9.79 Å². The maximum absolute atomic E-state index is 13.2. The minimum atomic E-state index is -4.72. The number of nitrogens with zero attached hydrogens (tertiary/aromatic N) is 3. The average molecular weight is 581 g/mol. The number of hydrogen-bond donors (Lipinski definition) is 1. The van der Waals surface area contributed by atoms with E-state index in [1.54, 1.807) is 18.3 Å². The Labute approximate surface area is 244 Å². The van der Waals surface area contributed by atoms with Crippen molar-refractivity contribution < 1.29 is 27.4 Å². The van der Waals surface area contributed by atoms with Gasteiger partial charge in [0, 0.05) is 54.7 Å². The lowest BCUT2D eigenvalue weighted by atomic mass is 9.83. The fraction of sp³-hybridized carbons (Fsp3) is 0.406. The van der Waals surface area contributed by atoms with Gasteiger partial charge in [-0.1, -0.05) is 18.1 Å². The smallest absolute Gasteiger partial charge is 0.381 e. The van der Waals surface area contributed by atoms with Crippen molar-refractivity contribution in [1.29, 1.82) is 0 Å². The zero-order chi connectivity index (χ0) is 30.3. The van der Waals surface area contributed by atoms with Gasteiger partial charge in [-0.2, -0.15) is 13.2 Å². The van der Waals surface area contributed by atoms with Gasteiger partial charge >= 0.3 is 6.18 Å². The molecule has 0 radical (unpaired) electrons. The summed E-state index contributed by atoms with van der Waals surface area (Å²) >= 11 is 0. The molecule has 3 heterocycles. The number of pyridine rings is 1. The molecule has 0 bridgehead atoms. The Morgan fingerprint density at radius 1 is 1.17 bits per heavy atom. The molecule has 2 aliphatic heterocycles. The third-order valence-electron chi connectivity index (χ3n) is 7.43. The number of benzene rings is 1. The van der Waals surface area contributed by atoms with Crippen LogP contribution in [0.4, 0.5) is 24.5 Å². The summed E-state index contributed by atoms with van der Waals surface area (Å²) in [5.41, 5.74) is 3.06. The van der Waals surface area contributed by atoms with Crippen LogP contribution >= 0.6 is 0 Å². The number of aromatic nitrogens is 1. The molecule has 1 amide bonds. The lowest BCUT2D eigenvalue weighted by Crippen LogP contribution is -2.36. The van der Waals surface area contributed by atoms with Crippen molar-refractivity contribution in [2.45, 2.75) is 39.8 Å². The normalized spacial score (nSPS) is 17.7. The van der Waals surface area contributed by atoms with Gasteiger partial charge in [0.05, 0.1) is 18.9 Å². The summed E-state index contributed by atoms with van der Waals surface area (Å²) in [6.07, 6.45) is 0.748. The summed E-state index contributed by atoms with van der Waals surface area (Å²) in [5, 5.41) is 2.70. The molecule has 2 aromatic rings. The molecule has 7 nitrogen and oxygen atoms in total. The molecular formula is C32H35F3N4O3. The van der Waals surface area contributed by atoms with Gasteiger partial charge in [0.15, 0.2) is 0 Å². The Kier molecular flexibility index (Phi) is 9.86. The van der Waals surface area contributed by atoms with E-state index in [0.29, 0.717) is 57.0 Å². The van der Waals surface area contributed by atoms with E-state index in [1.165, 1.54) is 13.0 Å². The molecule has 10 heteroatoms. The van der Waals surface area contributed by atoms with Crippen LogP contribution in [0.3, 0.4) is 0 Å². The SMILES string of the molecule is C=N/C(=C\C(=C/C)C(=O)Nc1ccc(C)c(-c2cnc(C#CC3(C)CCOCC3)c(N3CCOCC3)c2)c1)C(F)(F)F. The Hall–Kier alpha value is -3.94. The van der Waals surface area contributed by atoms with Gasteiger partial charge in [0.1, 0.15) is 11.4 Å². The second-order valence-electron chi connectivity index (χ2n) is 10.5. The van der Waals surface area contributed by atoms with E-state index < -0.39 is 17.8 Å². The van der Waals surface area contributed by atoms with Gasteiger partial charge in [-0.15, -0.1) is 0 Å². The molecule has 1 N–H and O–H groups in total. The largest absolute Gasteiger partial charge is 0.433 e. The minimum Gasteiger partial charge on any atom is -0.381 e. The summed E-state index contributed by atoms with van der Waals surface area (Å²) in [6, 6.07) is 7.38. The highest BCUT2D eigenvalue weighted by atomic mass is 19.4. The molecule has 0 unspecified atom stereocenters. The fourth-order valence-corrected chi connectivity index (χ4v) is 4.76. The van der Waals surface area contributed by atoms with Crippen LogP contribution in [0, 0.1) is 24.2 Å². The summed E-state index contributed by atoms with van der Waals surface area (Å²) in [4.78, 5) is 22.9. The van der Waals surface area contributed by atoms with Crippen molar-refractivity contribution in [2.24, 2.45) is 10.4 Å². The molecule has 42 heavy (non-hydrogen) atoms. The number of amides is 1. The van der Waals surface area contributed by atoms with Gasteiger partial charge < -0.3 is 19.7 Å². The van der Waals surface area contributed by atoms with E-state index in [-0.39, 0.29) is 11.0 Å². The first-order chi connectivity index (χ1) is 20.0. The number of carbonyl (C=O) groups is 1. The van der Waals surface area contributed by atoms with Crippen LogP contribution in [0.5, 0.6) is 0 Å². The summed E-state index contributed by atoms with van der Waals surface area (Å²) in [6.45, 7) is 12.6. The lowest BCUT2D eigenvalue weighted by Gasteiger charge is -2.30. The Bertz CT molecular complexity index is 1440. The second-order valence-corrected chi connectivity index (χ2v) is 10.5. The first-order valence-electron chi connectivity index (χ1n) is 13.8. The van der Waals surface area contributed by atoms with Crippen molar-refractivity contribution in [3.8, 4) is 23.0 Å². The highest BCUT2D eigenvalue weighted by Crippen LogP contribution is 2.33. The standard InChI is InChI=1S/C32H35F3N4O3/c1-5-23(19-29(36-4)32(33,34)35)30(40)38-25-7-6-22(2)26(20-25)24-18-28(39-12-16-42-17-13-39)27(37-21-24)8-9-31(3)10-14-41-15-11-31/h5-7,18-21H,4,10-17H2,1-3H3,(H,38,40)/b23-5+,29-19-. The van der Waals surface area contributed by atoms with Crippen molar-refractivity contribution in [2.75, 3.05) is 49.7 Å². The Balaban J connectivity index is 1.66. The number of allylic oxidation sites excluding steroid dienone is 2. The van der Waals surface area contributed by atoms with Crippen molar-refractivity contribution in [3.05, 3.63) is 65.1 Å². The number of alkyl halides is 3. The first kappa shape index (κ1) is 31.0.